The molecule has 1 saturated heterocycles. The predicted octanol–water partition coefficient (Wildman–Crippen LogP) is 2.39. The minimum atomic E-state index is -0.487. The summed E-state index contributed by atoms with van der Waals surface area (Å²) in [6.45, 7) is 3.10. The van der Waals surface area contributed by atoms with Crippen molar-refractivity contribution in [2.45, 2.75) is 6.04 Å². The van der Waals surface area contributed by atoms with Crippen molar-refractivity contribution in [3.63, 3.8) is 0 Å². The van der Waals surface area contributed by atoms with Gasteiger partial charge in [0.2, 0.25) is 5.95 Å². The molecule has 25 heavy (non-hydrogen) atoms. The van der Waals surface area contributed by atoms with E-state index in [1.54, 1.807) is 6.07 Å². The van der Waals surface area contributed by atoms with Crippen LogP contribution in [0.15, 0.2) is 18.2 Å². The molecule has 1 aromatic heterocycles. The molecule has 1 atom stereocenters. The van der Waals surface area contributed by atoms with Crippen molar-refractivity contribution in [2.75, 3.05) is 43.1 Å². The molecule has 4 N–H and O–H groups in total. The summed E-state index contributed by atoms with van der Waals surface area (Å²) in [5, 5.41) is 10.3. The van der Waals surface area contributed by atoms with E-state index in [1.807, 2.05) is 4.90 Å². The number of nitrogens with two attached hydrogens (primary N) is 1. The average Bonchev–Trinajstić information content (AvgIpc) is 3.06. The number of H-pyrrole nitrogens is 1. The Labute approximate surface area is 162 Å². The highest BCUT2D eigenvalue weighted by Gasteiger charge is 2.19. The molecule has 1 aliphatic rings. The number of halogens is 4. The Hall–Kier alpha value is -1.32. The van der Waals surface area contributed by atoms with E-state index in [1.165, 1.54) is 12.1 Å². The van der Waals surface area contributed by atoms with Crippen LogP contribution in [0.25, 0.3) is 0 Å². The summed E-state index contributed by atoms with van der Waals surface area (Å²) in [6.07, 6.45) is 0. The third kappa shape index (κ3) is 5.32. The number of hydrogen-bond donors (Lipinski definition) is 3. The highest BCUT2D eigenvalue weighted by molar-refractivity contribution is 6.30. The number of ether oxygens (including phenoxy) is 1. The van der Waals surface area contributed by atoms with Gasteiger partial charge in [-0.1, -0.05) is 11.6 Å². The summed E-state index contributed by atoms with van der Waals surface area (Å²) in [6, 6.07) is 4.20. The van der Waals surface area contributed by atoms with Crippen LogP contribution in [0.4, 0.5) is 16.0 Å². The molecule has 3 rings (SSSR count). The molecule has 0 saturated carbocycles. The van der Waals surface area contributed by atoms with Gasteiger partial charge in [-0.05, 0) is 18.2 Å². The zero-order chi connectivity index (χ0) is 16.2. The maximum atomic E-state index is 13.5. The Bertz CT molecular complexity index is 668. The molecule has 0 radical (unpaired) electrons. The molecule has 1 unspecified atom stereocenters. The van der Waals surface area contributed by atoms with Crippen molar-refractivity contribution >= 4 is 48.1 Å². The fourth-order valence-corrected chi connectivity index (χ4v) is 2.47. The van der Waals surface area contributed by atoms with Gasteiger partial charge >= 0.3 is 0 Å². The van der Waals surface area contributed by atoms with E-state index in [0.29, 0.717) is 30.7 Å². The van der Waals surface area contributed by atoms with Crippen LogP contribution in [0.5, 0.6) is 0 Å². The Morgan fingerprint density at radius 1 is 1.36 bits per heavy atom. The Morgan fingerprint density at radius 2 is 2.08 bits per heavy atom. The third-order valence-corrected chi connectivity index (χ3v) is 3.92. The van der Waals surface area contributed by atoms with Gasteiger partial charge in [0.1, 0.15) is 11.6 Å². The lowest BCUT2D eigenvalue weighted by Gasteiger charge is -2.25. The number of morpholine rings is 1. The molecule has 0 amide bonds. The van der Waals surface area contributed by atoms with E-state index >= 15 is 0 Å². The predicted molar refractivity (Wildman–Crippen MR) is 101 cm³/mol. The first kappa shape index (κ1) is 21.7. The van der Waals surface area contributed by atoms with E-state index in [0.717, 1.165) is 13.1 Å². The minimum absolute atomic E-state index is 0. The summed E-state index contributed by atoms with van der Waals surface area (Å²) >= 11 is 5.69. The fraction of sp³-hybridized carbons (Fsp3) is 0.429. The highest BCUT2D eigenvalue weighted by atomic mass is 35.5. The number of hydrogen-bond acceptors (Lipinski definition) is 6. The van der Waals surface area contributed by atoms with E-state index in [4.69, 9.17) is 22.1 Å². The van der Waals surface area contributed by atoms with Gasteiger partial charge in [-0.15, -0.1) is 29.9 Å². The second-order valence-corrected chi connectivity index (χ2v) is 5.59. The first-order valence-electron chi connectivity index (χ1n) is 7.34. The SMILES string of the molecule is Cl.Cl.NCC(Nc1ccc(Cl)c(F)c1)c1nc(N2CCOCC2)n[nH]1. The number of nitrogens with one attached hydrogen (secondary N) is 2. The largest absolute Gasteiger partial charge is 0.378 e. The third-order valence-electron chi connectivity index (χ3n) is 3.61. The molecule has 0 spiro atoms. The van der Waals surface area contributed by atoms with Gasteiger partial charge in [-0.25, -0.2) is 4.39 Å². The van der Waals surface area contributed by atoms with Crippen LogP contribution in [0.3, 0.4) is 0 Å². The molecule has 1 aliphatic heterocycles. The van der Waals surface area contributed by atoms with Crippen LogP contribution in [-0.4, -0.2) is 48.0 Å². The molecular weight excluding hydrogens is 394 g/mol. The van der Waals surface area contributed by atoms with Crippen LogP contribution in [0, 0.1) is 5.82 Å². The molecule has 2 aromatic rings. The van der Waals surface area contributed by atoms with Gasteiger partial charge in [0.05, 0.1) is 24.3 Å². The van der Waals surface area contributed by atoms with E-state index in [2.05, 4.69) is 20.5 Å². The molecule has 1 aromatic carbocycles. The summed E-state index contributed by atoms with van der Waals surface area (Å²) in [5.74, 6) is 0.731. The number of aromatic nitrogens is 3. The van der Waals surface area contributed by atoms with Crippen molar-refractivity contribution < 1.29 is 9.13 Å². The molecule has 1 fully saturated rings. The molecular formula is C14H20Cl3FN6O. The Kier molecular flexibility index (Phi) is 8.67. The quantitative estimate of drug-likeness (QED) is 0.697. The highest BCUT2D eigenvalue weighted by Crippen LogP contribution is 2.22. The monoisotopic (exact) mass is 412 g/mol. The van der Waals surface area contributed by atoms with Gasteiger partial charge in [0.15, 0.2) is 0 Å². The summed E-state index contributed by atoms with van der Waals surface area (Å²) in [5.41, 5.74) is 6.38. The molecule has 0 bridgehead atoms. The van der Waals surface area contributed by atoms with Gasteiger partial charge in [0, 0.05) is 25.3 Å². The number of nitrogens with zero attached hydrogens (tertiary/aromatic N) is 3. The molecule has 7 nitrogen and oxygen atoms in total. The second kappa shape index (κ2) is 9.98. The Morgan fingerprint density at radius 3 is 2.72 bits per heavy atom. The maximum absolute atomic E-state index is 13.5. The van der Waals surface area contributed by atoms with E-state index in [9.17, 15) is 4.39 Å². The fourth-order valence-electron chi connectivity index (χ4n) is 2.35. The van der Waals surface area contributed by atoms with Gasteiger partial charge in [0.25, 0.3) is 0 Å². The van der Waals surface area contributed by atoms with Crippen LogP contribution >= 0.6 is 36.4 Å². The summed E-state index contributed by atoms with van der Waals surface area (Å²) in [7, 11) is 0. The van der Waals surface area contributed by atoms with Crippen molar-refractivity contribution in [1.29, 1.82) is 0 Å². The van der Waals surface area contributed by atoms with Crippen molar-refractivity contribution in [3.8, 4) is 0 Å². The average molecular weight is 414 g/mol. The zero-order valence-electron chi connectivity index (χ0n) is 13.2. The number of anilines is 2. The number of aromatic amines is 1. The summed E-state index contributed by atoms with van der Waals surface area (Å²) < 4.78 is 18.8. The van der Waals surface area contributed by atoms with Gasteiger partial charge in [-0.2, -0.15) is 4.98 Å². The Balaban J connectivity index is 0.00000156. The molecule has 0 aliphatic carbocycles. The van der Waals surface area contributed by atoms with Crippen molar-refractivity contribution in [1.82, 2.24) is 15.2 Å². The second-order valence-electron chi connectivity index (χ2n) is 5.18. The topological polar surface area (TPSA) is 92.1 Å². The van der Waals surface area contributed by atoms with Crippen LogP contribution in [-0.2, 0) is 4.74 Å². The summed E-state index contributed by atoms with van der Waals surface area (Å²) in [4.78, 5) is 6.52. The van der Waals surface area contributed by atoms with Gasteiger partial charge < -0.3 is 20.7 Å². The van der Waals surface area contributed by atoms with Crippen molar-refractivity contribution in [2.24, 2.45) is 5.73 Å². The van der Waals surface area contributed by atoms with E-state index < -0.39 is 5.82 Å². The first-order chi connectivity index (χ1) is 11.2. The van der Waals surface area contributed by atoms with Crippen LogP contribution in [0.2, 0.25) is 5.02 Å². The molecule has 11 heteroatoms. The van der Waals surface area contributed by atoms with E-state index in [-0.39, 0.29) is 42.4 Å². The normalized spacial score (nSPS) is 15.1. The van der Waals surface area contributed by atoms with Gasteiger partial charge in [-0.3, -0.25) is 5.10 Å². The number of benzene rings is 1. The zero-order valence-corrected chi connectivity index (χ0v) is 15.6. The minimum Gasteiger partial charge on any atom is -0.378 e. The lowest BCUT2D eigenvalue weighted by atomic mass is 10.2. The first-order valence-corrected chi connectivity index (χ1v) is 7.72. The van der Waals surface area contributed by atoms with Crippen LogP contribution < -0.4 is 16.0 Å². The standard InChI is InChI=1S/C14H18ClFN6O.2ClH/c15-10-2-1-9(7-11(10)16)18-12(8-17)13-19-14(21-20-13)22-3-5-23-6-4-22;;/h1-2,7,12,18H,3-6,8,17H2,(H,19,20,21);2*1H. The lowest BCUT2D eigenvalue weighted by molar-refractivity contribution is 0.122. The van der Waals surface area contributed by atoms with Crippen molar-refractivity contribution in [3.05, 3.63) is 34.9 Å². The maximum Gasteiger partial charge on any atom is 0.244 e. The van der Waals surface area contributed by atoms with Crippen LogP contribution in [0.1, 0.15) is 11.9 Å². The smallest absolute Gasteiger partial charge is 0.244 e. The lowest BCUT2D eigenvalue weighted by Crippen LogP contribution is -2.37. The molecule has 140 valence electrons. The molecule has 2 heterocycles. The number of rotatable bonds is 5.